The maximum absolute atomic E-state index is 13.0. The number of nitrogens with zero attached hydrogens (tertiary/aromatic N) is 1. The van der Waals surface area contributed by atoms with Crippen molar-refractivity contribution in [2.45, 2.75) is 33.3 Å². The smallest absolute Gasteiger partial charge is 0.270 e. The molecule has 4 nitrogen and oxygen atoms in total. The number of ether oxygens (including phenoxy) is 2. The van der Waals surface area contributed by atoms with E-state index in [1.54, 1.807) is 4.90 Å². The van der Waals surface area contributed by atoms with Crippen LogP contribution < -0.4 is 14.4 Å². The summed E-state index contributed by atoms with van der Waals surface area (Å²) in [6.45, 7) is 6.60. The number of halogens is 1. The maximum atomic E-state index is 13.0. The van der Waals surface area contributed by atoms with Gasteiger partial charge < -0.3 is 9.47 Å². The van der Waals surface area contributed by atoms with Gasteiger partial charge in [0.15, 0.2) is 15.8 Å². The van der Waals surface area contributed by atoms with Crippen molar-refractivity contribution in [2.24, 2.45) is 0 Å². The van der Waals surface area contributed by atoms with Gasteiger partial charge in [0.25, 0.3) is 5.91 Å². The molecule has 3 rings (SSSR count). The molecule has 7 heteroatoms. The first kappa shape index (κ1) is 22.1. The van der Waals surface area contributed by atoms with Crippen molar-refractivity contribution < 1.29 is 14.3 Å². The summed E-state index contributed by atoms with van der Waals surface area (Å²) in [5, 5.41) is 0. The first-order chi connectivity index (χ1) is 13.9. The predicted molar refractivity (Wildman–Crippen MR) is 133 cm³/mol. The molecule has 1 fully saturated rings. The molecule has 0 bridgehead atoms. The van der Waals surface area contributed by atoms with Crippen LogP contribution in [0.3, 0.4) is 0 Å². The number of rotatable bonds is 7. The van der Waals surface area contributed by atoms with Crippen LogP contribution in [0.15, 0.2) is 47.4 Å². The van der Waals surface area contributed by atoms with Gasteiger partial charge in [0, 0.05) is 0 Å². The Labute approximate surface area is 194 Å². The molecule has 0 radical (unpaired) electrons. The first-order valence-corrected chi connectivity index (χ1v) is 11.7. The lowest BCUT2D eigenvalue weighted by atomic mass is 10.1. The standard InChI is InChI=1S/C22H22INO3S2/c1-4-14(3)27-20-17(23)11-15(12-18(20)26-5-2)13-19-21(25)24(22(28)29-19)16-9-7-6-8-10-16/h6-14H,4-5H2,1-3H3/b19-13+/t14-/m1/s1. The number of thioether (sulfide) groups is 1. The zero-order chi connectivity index (χ0) is 21.0. The van der Waals surface area contributed by atoms with E-state index in [1.165, 1.54) is 11.8 Å². The minimum absolute atomic E-state index is 0.0932. The molecule has 0 N–H and O–H groups in total. The second kappa shape index (κ2) is 9.95. The Kier molecular flexibility index (Phi) is 7.59. The van der Waals surface area contributed by atoms with Crippen molar-refractivity contribution in [3.63, 3.8) is 0 Å². The lowest BCUT2D eigenvalue weighted by Crippen LogP contribution is -2.27. The van der Waals surface area contributed by atoms with Gasteiger partial charge in [-0.2, -0.15) is 0 Å². The van der Waals surface area contributed by atoms with E-state index in [2.05, 4.69) is 29.5 Å². The van der Waals surface area contributed by atoms with Gasteiger partial charge in [-0.05, 0) is 78.8 Å². The van der Waals surface area contributed by atoms with Crippen LogP contribution in [0, 0.1) is 3.57 Å². The van der Waals surface area contributed by atoms with Crippen LogP contribution in [0.2, 0.25) is 0 Å². The number of benzene rings is 2. The number of amides is 1. The number of carbonyl (C=O) groups is 1. The van der Waals surface area contributed by atoms with E-state index >= 15 is 0 Å². The number of anilines is 1. The van der Waals surface area contributed by atoms with Gasteiger partial charge in [-0.3, -0.25) is 9.69 Å². The molecule has 0 aromatic heterocycles. The summed E-state index contributed by atoms with van der Waals surface area (Å²) in [4.78, 5) is 15.1. The zero-order valence-electron chi connectivity index (χ0n) is 16.5. The number of thiocarbonyl (C=S) groups is 1. The summed E-state index contributed by atoms with van der Waals surface area (Å²) in [5.74, 6) is 1.32. The van der Waals surface area contributed by atoms with E-state index < -0.39 is 0 Å². The molecule has 152 valence electrons. The molecule has 2 aromatic rings. The fourth-order valence-corrected chi connectivity index (χ4v) is 4.80. The minimum Gasteiger partial charge on any atom is -0.490 e. The second-order valence-electron chi connectivity index (χ2n) is 6.45. The molecule has 1 saturated heterocycles. The number of para-hydroxylation sites is 1. The normalized spacial score (nSPS) is 16.4. The molecule has 0 aliphatic carbocycles. The van der Waals surface area contributed by atoms with E-state index in [4.69, 9.17) is 21.7 Å². The van der Waals surface area contributed by atoms with E-state index in [1.807, 2.05) is 62.4 Å². The maximum Gasteiger partial charge on any atom is 0.270 e. The van der Waals surface area contributed by atoms with E-state index in [9.17, 15) is 4.79 Å². The summed E-state index contributed by atoms with van der Waals surface area (Å²) in [6.07, 6.45) is 2.86. The molecule has 1 aliphatic rings. The van der Waals surface area contributed by atoms with Crippen molar-refractivity contribution in [1.29, 1.82) is 0 Å². The SMILES string of the molecule is CCOc1cc(/C=C2/SC(=S)N(c3ccccc3)C2=O)cc(I)c1O[C@H](C)CC. The average molecular weight is 539 g/mol. The lowest BCUT2D eigenvalue weighted by molar-refractivity contribution is -0.113. The molecule has 1 amide bonds. The zero-order valence-corrected chi connectivity index (χ0v) is 20.3. The van der Waals surface area contributed by atoms with Gasteiger partial charge in [-0.25, -0.2) is 0 Å². The van der Waals surface area contributed by atoms with Crippen molar-refractivity contribution in [2.75, 3.05) is 11.5 Å². The highest BCUT2D eigenvalue weighted by Crippen LogP contribution is 2.39. The van der Waals surface area contributed by atoms with Crippen LogP contribution in [0.1, 0.15) is 32.8 Å². The Hall–Kier alpha value is -1.58. The van der Waals surface area contributed by atoms with Gasteiger partial charge >= 0.3 is 0 Å². The molecule has 0 unspecified atom stereocenters. The number of carbonyl (C=O) groups excluding carboxylic acids is 1. The first-order valence-electron chi connectivity index (χ1n) is 9.40. The third kappa shape index (κ3) is 5.13. The fraction of sp³-hybridized carbons (Fsp3) is 0.273. The summed E-state index contributed by atoms with van der Waals surface area (Å²) >= 11 is 9.01. The Morgan fingerprint density at radius 3 is 2.62 bits per heavy atom. The van der Waals surface area contributed by atoms with Crippen molar-refractivity contribution in [3.8, 4) is 11.5 Å². The molecule has 1 heterocycles. The Morgan fingerprint density at radius 1 is 1.24 bits per heavy atom. The Balaban J connectivity index is 1.94. The van der Waals surface area contributed by atoms with E-state index in [0.717, 1.165) is 27.0 Å². The van der Waals surface area contributed by atoms with Crippen molar-refractivity contribution in [1.82, 2.24) is 0 Å². The van der Waals surface area contributed by atoms with Gasteiger partial charge in [0.2, 0.25) is 0 Å². The van der Waals surface area contributed by atoms with Crippen LogP contribution in [0.25, 0.3) is 6.08 Å². The summed E-state index contributed by atoms with van der Waals surface area (Å²) in [7, 11) is 0. The van der Waals surface area contributed by atoms with Crippen molar-refractivity contribution in [3.05, 3.63) is 56.5 Å². The summed E-state index contributed by atoms with van der Waals surface area (Å²) in [5.41, 5.74) is 1.66. The highest BCUT2D eigenvalue weighted by molar-refractivity contribution is 14.1. The lowest BCUT2D eigenvalue weighted by Gasteiger charge is -2.18. The molecule has 2 aromatic carbocycles. The van der Waals surface area contributed by atoms with Crippen LogP contribution in [-0.4, -0.2) is 22.9 Å². The van der Waals surface area contributed by atoms with E-state index in [-0.39, 0.29) is 12.0 Å². The molecule has 1 atom stereocenters. The fourth-order valence-electron chi connectivity index (χ4n) is 2.75. The van der Waals surface area contributed by atoms with E-state index in [0.29, 0.717) is 21.6 Å². The third-order valence-corrected chi connectivity index (χ3v) is 6.43. The molecule has 1 aliphatic heterocycles. The molecule has 0 saturated carbocycles. The minimum atomic E-state index is -0.112. The average Bonchev–Trinajstić information content (AvgIpc) is 2.98. The second-order valence-corrected chi connectivity index (χ2v) is 9.29. The van der Waals surface area contributed by atoms with Crippen LogP contribution in [0.5, 0.6) is 11.5 Å². The quantitative estimate of drug-likeness (QED) is 0.236. The van der Waals surface area contributed by atoms with Gasteiger partial charge in [0.05, 0.1) is 26.9 Å². The summed E-state index contributed by atoms with van der Waals surface area (Å²) in [6, 6.07) is 13.4. The number of hydrogen-bond donors (Lipinski definition) is 0. The molecular weight excluding hydrogens is 517 g/mol. The molecule has 29 heavy (non-hydrogen) atoms. The monoisotopic (exact) mass is 539 g/mol. The van der Waals surface area contributed by atoms with Gasteiger partial charge in [-0.15, -0.1) is 0 Å². The summed E-state index contributed by atoms with van der Waals surface area (Å²) < 4.78 is 13.4. The Bertz CT molecular complexity index is 947. The van der Waals surface area contributed by atoms with Crippen LogP contribution in [0.4, 0.5) is 5.69 Å². The Morgan fingerprint density at radius 2 is 1.97 bits per heavy atom. The largest absolute Gasteiger partial charge is 0.490 e. The van der Waals surface area contributed by atoms with Gasteiger partial charge in [0.1, 0.15) is 0 Å². The topological polar surface area (TPSA) is 38.8 Å². The predicted octanol–water partition coefficient (Wildman–Crippen LogP) is 6.27. The highest BCUT2D eigenvalue weighted by Gasteiger charge is 2.33. The molecular formula is C22H22INO3S2. The van der Waals surface area contributed by atoms with Crippen LogP contribution in [-0.2, 0) is 4.79 Å². The van der Waals surface area contributed by atoms with Crippen LogP contribution >= 0.6 is 46.6 Å². The van der Waals surface area contributed by atoms with Crippen molar-refractivity contribution >= 4 is 68.6 Å². The highest BCUT2D eigenvalue weighted by atomic mass is 127. The third-order valence-electron chi connectivity index (χ3n) is 4.33. The number of hydrogen-bond acceptors (Lipinski definition) is 5. The molecule has 0 spiro atoms. The van der Waals surface area contributed by atoms with Gasteiger partial charge in [-0.1, -0.05) is 49.1 Å².